The topological polar surface area (TPSA) is 76.4 Å². The second-order valence-electron chi connectivity index (χ2n) is 7.63. The Morgan fingerprint density at radius 2 is 1.84 bits per heavy atom. The number of nitrogens with zero attached hydrogens (tertiary/aromatic N) is 4. The lowest BCUT2D eigenvalue weighted by molar-refractivity contribution is 0.414. The minimum absolute atomic E-state index is 0.120. The van der Waals surface area contributed by atoms with E-state index in [9.17, 15) is 0 Å². The lowest BCUT2D eigenvalue weighted by atomic mass is 10.0. The number of aromatic nitrogens is 3. The molecule has 3 aromatic rings. The summed E-state index contributed by atoms with van der Waals surface area (Å²) in [4.78, 5) is 4.77. The molecule has 3 rings (SSSR count). The van der Waals surface area contributed by atoms with E-state index in [1.165, 1.54) is 16.7 Å². The third-order valence-corrected chi connectivity index (χ3v) is 5.43. The Hall–Kier alpha value is -3.35. The van der Waals surface area contributed by atoms with Crippen LogP contribution in [0.3, 0.4) is 0 Å². The highest BCUT2D eigenvalue weighted by molar-refractivity contribution is 5.80. The molecule has 0 fully saturated rings. The van der Waals surface area contributed by atoms with Gasteiger partial charge < -0.3 is 19.9 Å². The van der Waals surface area contributed by atoms with E-state index < -0.39 is 0 Å². The molecule has 0 spiro atoms. The molecule has 1 aromatic heterocycles. The van der Waals surface area contributed by atoms with Crippen LogP contribution in [-0.2, 0) is 20.0 Å². The van der Waals surface area contributed by atoms with E-state index in [-0.39, 0.29) is 6.04 Å². The fraction of sp³-hybridized carbons (Fsp3) is 0.375. The van der Waals surface area contributed by atoms with Crippen molar-refractivity contribution in [1.29, 1.82) is 0 Å². The molecule has 0 aliphatic rings. The zero-order valence-electron chi connectivity index (χ0n) is 19.0. The first-order valence-electron chi connectivity index (χ1n) is 10.6. The molecule has 164 valence electrons. The van der Waals surface area contributed by atoms with E-state index in [1.807, 2.05) is 30.7 Å². The van der Waals surface area contributed by atoms with Gasteiger partial charge in [0.15, 0.2) is 11.8 Å². The van der Waals surface area contributed by atoms with Crippen LogP contribution in [-0.4, -0.2) is 34.4 Å². The average Bonchev–Trinajstić information content (AvgIpc) is 3.10. The number of guanidine groups is 1. The van der Waals surface area contributed by atoms with Gasteiger partial charge in [0, 0.05) is 13.6 Å². The third kappa shape index (κ3) is 6.07. The van der Waals surface area contributed by atoms with Crippen molar-refractivity contribution in [2.75, 3.05) is 13.7 Å². The van der Waals surface area contributed by atoms with Gasteiger partial charge in [0.05, 0.1) is 13.2 Å². The van der Waals surface area contributed by atoms with Gasteiger partial charge >= 0.3 is 0 Å². The van der Waals surface area contributed by atoms with Gasteiger partial charge in [0.25, 0.3) is 0 Å². The Kier molecular flexibility index (Phi) is 7.65. The van der Waals surface area contributed by atoms with Gasteiger partial charge in [-0.1, -0.05) is 36.4 Å². The monoisotopic (exact) mass is 420 g/mol. The van der Waals surface area contributed by atoms with Gasteiger partial charge in [-0.3, -0.25) is 0 Å². The lowest BCUT2D eigenvalue weighted by Crippen LogP contribution is -2.40. The molecule has 7 nitrogen and oxygen atoms in total. The summed E-state index contributed by atoms with van der Waals surface area (Å²) in [5.74, 6) is 3.33. The van der Waals surface area contributed by atoms with Crippen LogP contribution in [0, 0.1) is 13.8 Å². The van der Waals surface area contributed by atoms with Crippen LogP contribution in [0.15, 0.2) is 53.5 Å². The zero-order chi connectivity index (χ0) is 22.2. The number of methoxy groups -OCH3 is 1. The summed E-state index contributed by atoms with van der Waals surface area (Å²) in [6, 6.07) is 16.7. The molecule has 0 saturated heterocycles. The van der Waals surface area contributed by atoms with Crippen LogP contribution in [0.4, 0.5) is 0 Å². The Bertz CT molecular complexity index is 1010. The summed E-state index contributed by atoms with van der Waals surface area (Å²) in [6.45, 7) is 7.43. The summed E-state index contributed by atoms with van der Waals surface area (Å²) >= 11 is 0. The highest BCUT2D eigenvalue weighted by atomic mass is 16.5. The minimum Gasteiger partial charge on any atom is -0.497 e. The maximum atomic E-state index is 5.23. The lowest BCUT2D eigenvalue weighted by Gasteiger charge is -2.20. The second-order valence-corrected chi connectivity index (χ2v) is 7.63. The van der Waals surface area contributed by atoms with Crippen LogP contribution >= 0.6 is 0 Å². The largest absolute Gasteiger partial charge is 0.497 e. The van der Waals surface area contributed by atoms with E-state index in [0.29, 0.717) is 6.54 Å². The standard InChI is InChI=1S/C24H32N6O/c1-17-8-6-7-9-22(17)18(2)27-24(26-16-23-29-28-19(3)30(23)4)25-15-14-20-10-12-21(31-5)13-11-20/h6-13,18H,14-16H2,1-5H3,(H2,25,26,27). The molecular weight excluding hydrogens is 388 g/mol. The zero-order valence-corrected chi connectivity index (χ0v) is 19.0. The van der Waals surface area contributed by atoms with Crippen LogP contribution < -0.4 is 15.4 Å². The Morgan fingerprint density at radius 1 is 1.10 bits per heavy atom. The molecule has 0 aliphatic heterocycles. The van der Waals surface area contributed by atoms with E-state index in [0.717, 1.165) is 36.3 Å². The number of benzene rings is 2. The Morgan fingerprint density at radius 3 is 2.48 bits per heavy atom. The molecule has 1 heterocycles. The molecule has 0 amide bonds. The Labute approximate surface area is 184 Å². The van der Waals surface area contributed by atoms with Crippen LogP contribution in [0.1, 0.15) is 41.3 Å². The minimum atomic E-state index is 0.120. The summed E-state index contributed by atoms with van der Waals surface area (Å²) in [5.41, 5.74) is 3.74. The van der Waals surface area contributed by atoms with Crippen LogP contribution in [0.25, 0.3) is 0 Å². The van der Waals surface area contributed by atoms with Crippen LogP contribution in [0.2, 0.25) is 0 Å². The maximum Gasteiger partial charge on any atom is 0.192 e. The summed E-state index contributed by atoms with van der Waals surface area (Å²) in [5, 5.41) is 15.3. The molecule has 31 heavy (non-hydrogen) atoms. The Balaban J connectivity index is 1.69. The number of rotatable bonds is 8. The van der Waals surface area contributed by atoms with Gasteiger partial charge in [-0.05, 0) is 56.0 Å². The van der Waals surface area contributed by atoms with Gasteiger partial charge in [-0.25, -0.2) is 4.99 Å². The fourth-order valence-corrected chi connectivity index (χ4v) is 3.36. The number of hydrogen-bond donors (Lipinski definition) is 2. The number of ether oxygens (including phenoxy) is 1. The van der Waals surface area contributed by atoms with Gasteiger partial charge in [-0.15, -0.1) is 10.2 Å². The van der Waals surface area contributed by atoms with E-state index in [2.05, 4.69) is 71.1 Å². The number of hydrogen-bond acceptors (Lipinski definition) is 4. The molecular formula is C24H32N6O. The van der Waals surface area contributed by atoms with Crippen molar-refractivity contribution in [3.63, 3.8) is 0 Å². The predicted molar refractivity (Wildman–Crippen MR) is 124 cm³/mol. The van der Waals surface area contributed by atoms with Crippen molar-refractivity contribution in [1.82, 2.24) is 25.4 Å². The van der Waals surface area contributed by atoms with Crippen molar-refractivity contribution in [3.8, 4) is 5.75 Å². The molecule has 2 aromatic carbocycles. The normalized spacial score (nSPS) is 12.5. The molecule has 1 unspecified atom stereocenters. The van der Waals surface area contributed by atoms with Crippen molar-refractivity contribution >= 4 is 5.96 Å². The summed E-state index contributed by atoms with van der Waals surface area (Å²) in [6.07, 6.45) is 0.881. The molecule has 7 heteroatoms. The molecule has 2 N–H and O–H groups in total. The van der Waals surface area contributed by atoms with Crippen molar-refractivity contribution in [2.24, 2.45) is 12.0 Å². The maximum absolute atomic E-state index is 5.23. The number of aryl methyl sites for hydroxylation is 2. The first-order chi connectivity index (χ1) is 15.0. The van der Waals surface area contributed by atoms with Crippen LogP contribution in [0.5, 0.6) is 5.75 Å². The second kappa shape index (κ2) is 10.6. The SMILES string of the molecule is COc1ccc(CCNC(=NCc2nnc(C)n2C)NC(C)c2ccccc2C)cc1. The average molecular weight is 421 g/mol. The summed E-state index contributed by atoms with van der Waals surface area (Å²) < 4.78 is 7.20. The molecule has 0 saturated carbocycles. The first kappa shape index (κ1) is 22.3. The van der Waals surface area contributed by atoms with Gasteiger partial charge in [-0.2, -0.15) is 0 Å². The quantitative estimate of drug-likeness (QED) is 0.431. The highest BCUT2D eigenvalue weighted by Gasteiger charge is 2.11. The third-order valence-electron chi connectivity index (χ3n) is 5.43. The number of nitrogens with one attached hydrogen (secondary N) is 2. The molecule has 0 radical (unpaired) electrons. The number of aliphatic imine (C=N–C) groups is 1. The van der Waals surface area contributed by atoms with Crippen molar-refractivity contribution < 1.29 is 4.74 Å². The van der Waals surface area contributed by atoms with E-state index >= 15 is 0 Å². The van der Waals surface area contributed by atoms with Crippen molar-refractivity contribution in [2.45, 2.75) is 39.8 Å². The van der Waals surface area contributed by atoms with E-state index in [1.54, 1.807) is 7.11 Å². The summed E-state index contributed by atoms with van der Waals surface area (Å²) in [7, 11) is 3.64. The molecule has 1 atom stereocenters. The molecule has 0 bridgehead atoms. The molecule has 0 aliphatic carbocycles. The van der Waals surface area contributed by atoms with Gasteiger partial charge in [0.2, 0.25) is 0 Å². The first-order valence-corrected chi connectivity index (χ1v) is 10.6. The fourth-order valence-electron chi connectivity index (χ4n) is 3.36. The highest BCUT2D eigenvalue weighted by Crippen LogP contribution is 2.16. The van der Waals surface area contributed by atoms with Crippen molar-refractivity contribution in [3.05, 3.63) is 76.9 Å². The smallest absolute Gasteiger partial charge is 0.192 e. The van der Waals surface area contributed by atoms with Gasteiger partial charge in [0.1, 0.15) is 18.1 Å². The predicted octanol–water partition coefficient (Wildman–Crippen LogP) is 3.48. The van der Waals surface area contributed by atoms with E-state index in [4.69, 9.17) is 9.73 Å².